The molecular weight excluding hydrogens is 140 g/mol. The van der Waals surface area contributed by atoms with Gasteiger partial charge in [-0.2, -0.15) is 0 Å². The van der Waals surface area contributed by atoms with Crippen LogP contribution < -0.4 is 5.73 Å². The number of hydrogen-bond acceptors (Lipinski definition) is 3. The van der Waals surface area contributed by atoms with Crippen LogP contribution in [0, 0.1) is 5.92 Å². The Morgan fingerprint density at radius 2 is 2.00 bits per heavy atom. The van der Waals surface area contributed by atoms with Gasteiger partial charge < -0.3 is 15.4 Å². The minimum absolute atomic E-state index is 0.426. The van der Waals surface area contributed by atoms with Crippen molar-refractivity contribution in [3.05, 3.63) is 0 Å². The molecule has 2 N–H and O–H groups in total. The monoisotopic (exact) mass is 160 g/mol. The fraction of sp³-hybridized carbons (Fsp3) is 1.00. The van der Waals surface area contributed by atoms with E-state index in [9.17, 15) is 0 Å². The lowest BCUT2D eigenvalue weighted by Crippen LogP contribution is -2.41. The highest BCUT2D eigenvalue weighted by molar-refractivity contribution is 4.73. The summed E-state index contributed by atoms with van der Waals surface area (Å²) in [6.07, 6.45) is 0. The van der Waals surface area contributed by atoms with Gasteiger partial charge in [-0.1, -0.05) is 6.92 Å². The summed E-state index contributed by atoms with van der Waals surface area (Å²) in [6.45, 7) is 3.62. The summed E-state index contributed by atoms with van der Waals surface area (Å²) in [5.41, 5.74) is 5.61. The molecule has 2 atom stereocenters. The summed E-state index contributed by atoms with van der Waals surface area (Å²) >= 11 is 0. The third-order valence-electron chi connectivity index (χ3n) is 1.99. The van der Waals surface area contributed by atoms with Crippen LogP contribution in [0.5, 0.6) is 0 Å². The molecule has 0 aromatic carbocycles. The van der Waals surface area contributed by atoms with E-state index in [2.05, 4.69) is 11.8 Å². The molecule has 0 spiro atoms. The smallest absolute Gasteiger partial charge is 0.0503 e. The Morgan fingerprint density at radius 1 is 1.45 bits per heavy atom. The van der Waals surface area contributed by atoms with Crippen LogP contribution in [0.4, 0.5) is 0 Å². The van der Waals surface area contributed by atoms with Crippen molar-refractivity contribution in [2.75, 3.05) is 34.4 Å². The number of methoxy groups -OCH3 is 1. The van der Waals surface area contributed by atoms with Gasteiger partial charge in [0.15, 0.2) is 0 Å². The number of ether oxygens (including phenoxy) is 1. The number of nitrogens with two attached hydrogens (primary N) is 1. The van der Waals surface area contributed by atoms with Gasteiger partial charge >= 0.3 is 0 Å². The lowest BCUT2D eigenvalue weighted by molar-refractivity contribution is 0.109. The second-order valence-electron chi connectivity index (χ2n) is 3.20. The Labute approximate surface area is 69.5 Å². The first-order valence-electron chi connectivity index (χ1n) is 3.98. The number of rotatable bonds is 5. The van der Waals surface area contributed by atoms with E-state index in [1.165, 1.54) is 0 Å². The summed E-state index contributed by atoms with van der Waals surface area (Å²) in [5, 5.41) is 0. The van der Waals surface area contributed by atoms with Gasteiger partial charge in [0.2, 0.25) is 0 Å². The normalized spacial score (nSPS) is 16.9. The van der Waals surface area contributed by atoms with E-state index in [4.69, 9.17) is 10.5 Å². The van der Waals surface area contributed by atoms with Crippen LogP contribution in [-0.2, 0) is 4.74 Å². The van der Waals surface area contributed by atoms with Crippen molar-refractivity contribution in [2.24, 2.45) is 11.7 Å². The zero-order valence-electron chi connectivity index (χ0n) is 8.00. The van der Waals surface area contributed by atoms with Crippen molar-refractivity contribution >= 4 is 0 Å². The highest BCUT2D eigenvalue weighted by Gasteiger charge is 2.16. The average Bonchev–Trinajstić information content (AvgIpc) is 1.88. The van der Waals surface area contributed by atoms with E-state index in [0.29, 0.717) is 18.5 Å². The Balaban J connectivity index is 3.81. The summed E-state index contributed by atoms with van der Waals surface area (Å²) in [6, 6.07) is 0.426. The fourth-order valence-corrected chi connectivity index (χ4v) is 1.33. The van der Waals surface area contributed by atoms with Crippen LogP contribution in [0.15, 0.2) is 0 Å². The van der Waals surface area contributed by atoms with Crippen molar-refractivity contribution in [3.63, 3.8) is 0 Å². The molecule has 0 aromatic rings. The van der Waals surface area contributed by atoms with E-state index in [1.54, 1.807) is 7.11 Å². The summed E-state index contributed by atoms with van der Waals surface area (Å²) < 4.78 is 5.05. The summed E-state index contributed by atoms with van der Waals surface area (Å²) in [5.74, 6) is 0.500. The molecular formula is C8H20N2O. The van der Waals surface area contributed by atoms with E-state index in [0.717, 1.165) is 6.61 Å². The topological polar surface area (TPSA) is 38.5 Å². The maximum Gasteiger partial charge on any atom is 0.0503 e. The highest BCUT2D eigenvalue weighted by atomic mass is 16.5. The average molecular weight is 160 g/mol. The Kier molecular flexibility index (Phi) is 5.46. The molecule has 0 heterocycles. The maximum atomic E-state index is 5.61. The maximum absolute atomic E-state index is 5.61. The van der Waals surface area contributed by atoms with Crippen LogP contribution in [-0.4, -0.2) is 45.3 Å². The third kappa shape index (κ3) is 3.70. The minimum Gasteiger partial charge on any atom is -0.384 e. The van der Waals surface area contributed by atoms with Crippen LogP contribution in [0.1, 0.15) is 6.92 Å². The Morgan fingerprint density at radius 3 is 2.27 bits per heavy atom. The number of likely N-dealkylation sites (N-methyl/N-ethyl adjacent to an activating group) is 1. The molecule has 0 saturated heterocycles. The van der Waals surface area contributed by atoms with Crippen molar-refractivity contribution in [3.8, 4) is 0 Å². The molecule has 0 bridgehead atoms. The first kappa shape index (κ1) is 10.9. The number of nitrogens with zero attached hydrogens (tertiary/aromatic N) is 1. The van der Waals surface area contributed by atoms with Crippen LogP contribution in [0.3, 0.4) is 0 Å². The van der Waals surface area contributed by atoms with Crippen molar-refractivity contribution in [2.45, 2.75) is 13.0 Å². The predicted octanol–water partition coefficient (Wildman–Crippen LogP) is 0.158. The molecule has 0 aromatic heterocycles. The molecule has 0 radical (unpaired) electrons. The van der Waals surface area contributed by atoms with Crippen molar-refractivity contribution in [1.29, 1.82) is 0 Å². The highest BCUT2D eigenvalue weighted by Crippen LogP contribution is 2.06. The number of hydrogen-bond donors (Lipinski definition) is 1. The SMILES string of the molecule is COCC(C)C(CN)N(C)C. The molecule has 0 aliphatic heterocycles. The molecule has 0 aliphatic rings. The molecule has 3 heteroatoms. The molecule has 2 unspecified atom stereocenters. The van der Waals surface area contributed by atoms with Gasteiger partial charge in [-0.15, -0.1) is 0 Å². The van der Waals surface area contributed by atoms with Crippen LogP contribution in [0.2, 0.25) is 0 Å². The first-order valence-corrected chi connectivity index (χ1v) is 3.98. The molecule has 3 nitrogen and oxygen atoms in total. The zero-order valence-corrected chi connectivity index (χ0v) is 8.00. The van der Waals surface area contributed by atoms with Crippen LogP contribution in [0.25, 0.3) is 0 Å². The van der Waals surface area contributed by atoms with Gasteiger partial charge in [-0.05, 0) is 20.0 Å². The molecule has 0 aliphatic carbocycles. The predicted molar refractivity (Wildman–Crippen MR) is 47.6 cm³/mol. The van der Waals surface area contributed by atoms with Gasteiger partial charge in [0.05, 0.1) is 6.61 Å². The fourth-order valence-electron chi connectivity index (χ4n) is 1.33. The zero-order chi connectivity index (χ0) is 8.85. The molecule has 68 valence electrons. The lowest BCUT2D eigenvalue weighted by Gasteiger charge is -2.28. The largest absolute Gasteiger partial charge is 0.384 e. The second-order valence-corrected chi connectivity index (χ2v) is 3.20. The van der Waals surface area contributed by atoms with E-state index in [-0.39, 0.29) is 0 Å². The van der Waals surface area contributed by atoms with Gasteiger partial charge in [-0.25, -0.2) is 0 Å². The molecule has 0 amide bonds. The Hall–Kier alpha value is -0.120. The van der Waals surface area contributed by atoms with Gasteiger partial charge in [0, 0.05) is 19.7 Å². The standard InChI is InChI=1S/C8H20N2O/c1-7(6-11-4)8(5-9)10(2)3/h7-8H,5-6,9H2,1-4H3. The molecule has 11 heavy (non-hydrogen) atoms. The van der Waals surface area contributed by atoms with Crippen molar-refractivity contribution < 1.29 is 4.74 Å². The van der Waals surface area contributed by atoms with E-state index < -0.39 is 0 Å². The van der Waals surface area contributed by atoms with Crippen molar-refractivity contribution in [1.82, 2.24) is 4.90 Å². The molecule has 0 saturated carbocycles. The van der Waals surface area contributed by atoms with Gasteiger partial charge in [0.1, 0.15) is 0 Å². The summed E-state index contributed by atoms with van der Waals surface area (Å²) in [7, 11) is 5.81. The van der Waals surface area contributed by atoms with Crippen LogP contribution >= 0.6 is 0 Å². The molecule has 0 rings (SSSR count). The Bertz CT molecular complexity index is 96.1. The van der Waals surface area contributed by atoms with E-state index >= 15 is 0 Å². The molecule has 0 fully saturated rings. The summed E-state index contributed by atoms with van der Waals surface area (Å²) in [4.78, 5) is 2.14. The lowest BCUT2D eigenvalue weighted by atomic mass is 10.0. The second kappa shape index (κ2) is 5.52. The van der Waals surface area contributed by atoms with Gasteiger partial charge in [0.25, 0.3) is 0 Å². The van der Waals surface area contributed by atoms with E-state index in [1.807, 2.05) is 14.1 Å². The van der Waals surface area contributed by atoms with Gasteiger partial charge in [-0.3, -0.25) is 0 Å². The minimum atomic E-state index is 0.426. The third-order valence-corrected chi connectivity index (χ3v) is 1.99. The quantitative estimate of drug-likeness (QED) is 0.622. The first-order chi connectivity index (χ1) is 5.13.